The van der Waals surface area contributed by atoms with Gasteiger partial charge in [0.05, 0.1) is 6.33 Å². The Hall–Kier alpha value is -2.16. The van der Waals surface area contributed by atoms with Crippen LogP contribution in [0.25, 0.3) is 0 Å². The van der Waals surface area contributed by atoms with E-state index < -0.39 is 5.03 Å². The SMILES string of the molecule is NC(=N[N+](=O)[O-])NCCNCc1cnc[nH]1. The van der Waals surface area contributed by atoms with Crippen LogP contribution >= 0.6 is 0 Å². The van der Waals surface area contributed by atoms with Crippen molar-refractivity contribution in [3.63, 3.8) is 0 Å². The third-order valence-electron chi connectivity index (χ3n) is 1.67. The molecule has 1 rings (SSSR count). The van der Waals surface area contributed by atoms with E-state index in [1.165, 1.54) is 0 Å². The molecule has 16 heavy (non-hydrogen) atoms. The highest BCUT2D eigenvalue weighted by Gasteiger charge is 1.97. The number of hydrazone groups is 1. The van der Waals surface area contributed by atoms with Gasteiger partial charge in [-0.3, -0.25) is 0 Å². The van der Waals surface area contributed by atoms with Gasteiger partial charge in [-0.15, -0.1) is 0 Å². The maximum absolute atomic E-state index is 9.93. The Kier molecular flexibility index (Phi) is 4.73. The van der Waals surface area contributed by atoms with E-state index in [4.69, 9.17) is 5.73 Å². The molecule has 0 radical (unpaired) electrons. The van der Waals surface area contributed by atoms with Gasteiger partial charge in [-0.1, -0.05) is 0 Å². The van der Waals surface area contributed by atoms with Gasteiger partial charge in [0.15, 0.2) is 5.03 Å². The van der Waals surface area contributed by atoms with Crippen LogP contribution in [0.1, 0.15) is 5.69 Å². The fraction of sp³-hybridized carbons (Fsp3) is 0.429. The van der Waals surface area contributed by atoms with Crippen LogP contribution in [0.3, 0.4) is 0 Å². The molecule has 0 unspecified atom stereocenters. The second kappa shape index (κ2) is 6.35. The number of aromatic nitrogens is 2. The summed E-state index contributed by atoms with van der Waals surface area (Å²) >= 11 is 0. The first kappa shape index (κ1) is 11.9. The monoisotopic (exact) mass is 227 g/mol. The summed E-state index contributed by atoms with van der Waals surface area (Å²) < 4.78 is 0. The molecule has 0 spiro atoms. The molecule has 1 aromatic rings. The quantitative estimate of drug-likeness (QED) is 0.155. The summed E-state index contributed by atoms with van der Waals surface area (Å²) in [4.78, 5) is 16.7. The van der Waals surface area contributed by atoms with Crippen molar-refractivity contribution < 1.29 is 5.03 Å². The molecule has 0 fully saturated rings. The standard InChI is InChI=1S/C7H13N7O2/c8-7(13-14(15)16)11-2-1-9-3-6-4-10-5-12-6/h4-5,9H,1-3H2,(H,10,12)(H3,8,11,13). The van der Waals surface area contributed by atoms with E-state index in [9.17, 15) is 10.1 Å². The van der Waals surface area contributed by atoms with Crippen molar-refractivity contribution in [2.45, 2.75) is 6.54 Å². The zero-order valence-electron chi connectivity index (χ0n) is 8.51. The lowest BCUT2D eigenvalue weighted by Crippen LogP contribution is -2.37. The molecule has 0 bridgehead atoms. The van der Waals surface area contributed by atoms with Crippen molar-refractivity contribution in [3.05, 3.63) is 28.3 Å². The minimum atomic E-state index is -0.847. The van der Waals surface area contributed by atoms with Crippen LogP contribution in [-0.4, -0.2) is 34.0 Å². The number of hydrogen-bond donors (Lipinski definition) is 4. The van der Waals surface area contributed by atoms with Crippen LogP contribution in [0.4, 0.5) is 0 Å². The summed E-state index contributed by atoms with van der Waals surface area (Å²) in [6.07, 6.45) is 3.31. The molecular weight excluding hydrogens is 214 g/mol. The lowest BCUT2D eigenvalue weighted by Gasteiger charge is -2.03. The molecule has 1 aromatic heterocycles. The van der Waals surface area contributed by atoms with Gasteiger partial charge < -0.3 is 21.4 Å². The predicted molar refractivity (Wildman–Crippen MR) is 56.9 cm³/mol. The first-order valence-electron chi connectivity index (χ1n) is 4.59. The number of H-pyrrole nitrogens is 1. The minimum Gasteiger partial charge on any atom is -0.365 e. The van der Waals surface area contributed by atoms with Crippen molar-refractivity contribution in [3.8, 4) is 0 Å². The summed E-state index contributed by atoms with van der Waals surface area (Å²) in [6.45, 7) is 1.71. The number of nitrogens with zero attached hydrogens (tertiary/aromatic N) is 3. The second-order valence-corrected chi connectivity index (χ2v) is 2.90. The molecule has 5 N–H and O–H groups in total. The molecule has 88 valence electrons. The maximum Gasteiger partial charge on any atom is 0.266 e. The number of rotatable bonds is 6. The van der Waals surface area contributed by atoms with Gasteiger partial charge in [-0.25, -0.2) is 15.1 Å². The molecule has 0 aliphatic rings. The average molecular weight is 227 g/mol. The van der Waals surface area contributed by atoms with Crippen LogP contribution in [0, 0.1) is 10.1 Å². The van der Waals surface area contributed by atoms with E-state index in [1.807, 2.05) is 0 Å². The van der Waals surface area contributed by atoms with Gasteiger partial charge in [0.1, 0.15) is 5.10 Å². The fourth-order valence-corrected chi connectivity index (χ4v) is 1.01. The van der Waals surface area contributed by atoms with Gasteiger partial charge in [0.25, 0.3) is 5.96 Å². The number of aromatic amines is 1. The number of guanidine groups is 1. The Morgan fingerprint density at radius 2 is 2.50 bits per heavy atom. The molecule has 1 heterocycles. The average Bonchev–Trinajstić information content (AvgIpc) is 2.68. The normalized spacial score (nSPS) is 11.4. The van der Waals surface area contributed by atoms with Gasteiger partial charge in [0.2, 0.25) is 0 Å². The Bertz CT molecular complexity index is 348. The Morgan fingerprint density at radius 3 is 3.12 bits per heavy atom. The summed E-state index contributed by atoms with van der Waals surface area (Å²) in [5.74, 6) is -0.201. The number of hydrogen-bond acceptors (Lipinski definition) is 4. The molecule has 0 amide bonds. The van der Waals surface area contributed by atoms with E-state index in [1.54, 1.807) is 12.5 Å². The Morgan fingerprint density at radius 1 is 1.69 bits per heavy atom. The molecule has 0 atom stereocenters. The fourth-order valence-electron chi connectivity index (χ4n) is 1.01. The zero-order valence-corrected chi connectivity index (χ0v) is 8.51. The minimum absolute atomic E-state index is 0.201. The van der Waals surface area contributed by atoms with Crippen LogP contribution in [0.2, 0.25) is 0 Å². The lowest BCUT2D eigenvalue weighted by atomic mass is 10.4. The third-order valence-corrected chi connectivity index (χ3v) is 1.67. The smallest absolute Gasteiger partial charge is 0.266 e. The highest BCUT2D eigenvalue weighted by molar-refractivity contribution is 5.76. The number of nitrogens with two attached hydrogens (primary N) is 1. The molecule has 0 saturated carbocycles. The topological polar surface area (TPSA) is 134 Å². The maximum atomic E-state index is 9.93. The molecule has 0 aliphatic carbocycles. The van der Waals surface area contributed by atoms with Gasteiger partial charge in [-0.05, 0) is 0 Å². The van der Waals surface area contributed by atoms with Gasteiger partial charge in [0, 0.05) is 31.5 Å². The molecule has 9 nitrogen and oxygen atoms in total. The van der Waals surface area contributed by atoms with Crippen molar-refractivity contribution in [1.29, 1.82) is 0 Å². The first-order chi connectivity index (χ1) is 7.68. The predicted octanol–water partition coefficient (Wildman–Crippen LogP) is -1.40. The van der Waals surface area contributed by atoms with Gasteiger partial charge in [-0.2, -0.15) is 0 Å². The number of nitro groups is 1. The second-order valence-electron chi connectivity index (χ2n) is 2.90. The zero-order chi connectivity index (χ0) is 11.8. The highest BCUT2D eigenvalue weighted by atomic mass is 16.7. The van der Waals surface area contributed by atoms with E-state index in [-0.39, 0.29) is 5.96 Å². The van der Waals surface area contributed by atoms with Crippen LogP contribution in [0.5, 0.6) is 0 Å². The molecule has 0 saturated heterocycles. The van der Waals surface area contributed by atoms with E-state index in [2.05, 4.69) is 25.7 Å². The van der Waals surface area contributed by atoms with E-state index >= 15 is 0 Å². The van der Waals surface area contributed by atoms with Crippen molar-refractivity contribution in [1.82, 2.24) is 20.6 Å². The Labute approximate surface area is 91.3 Å². The van der Waals surface area contributed by atoms with Crippen LogP contribution < -0.4 is 16.4 Å². The van der Waals surface area contributed by atoms with Crippen LogP contribution in [-0.2, 0) is 6.54 Å². The summed E-state index contributed by atoms with van der Waals surface area (Å²) in [6, 6.07) is 0. The van der Waals surface area contributed by atoms with Crippen LogP contribution in [0.15, 0.2) is 17.6 Å². The Balaban J connectivity index is 2.06. The van der Waals surface area contributed by atoms with E-state index in [0.29, 0.717) is 19.6 Å². The summed E-state index contributed by atoms with van der Waals surface area (Å²) in [7, 11) is 0. The largest absolute Gasteiger partial charge is 0.365 e. The number of nitrogens with one attached hydrogen (secondary N) is 3. The number of imidazole rings is 1. The third kappa shape index (κ3) is 4.91. The summed E-state index contributed by atoms with van der Waals surface area (Å²) in [5.41, 5.74) is 6.17. The summed E-state index contributed by atoms with van der Waals surface area (Å²) in [5, 5.41) is 17.6. The molecule has 0 aromatic carbocycles. The van der Waals surface area contributed by atoms with Crippen molar-refractivity contribution >= 4 is 5.96 Å². The highest BCUT2D eigenvalue weighted by Crippen LogP contribution is 1.87. The molecular formula is C7H13N7O2. The van der Waals surface area contributed by atoms with Crippen molar-refractivity contribution in [2.24, 2.45) is 10.8 Å². The van der Waals surface area contributed by atoms with E-state index in [0.717, 1.165) is 5.69 Å². The van der Waals surface area contributed by atoms with Gasteiger partial charge >= 0.3 is 0 Å². The first-order valence-corrected chi connectivity index (χ1v) is 4.59. The molecule has 0 aliphatic heterocycles. The van der Waals surface area contributed by atoms with Crippen molar-refractivity contribution in [2.75, 3.05) is 13.1 Å². The molecule has 9 heteroatoms. The lowest BCUT2D eigenvalue weighted by molar-refractivity contribution is -0.485.